The second-order valence-electron chi connectivity index (χ2n) is 4.88. The molecule has 0 atom stereocenters. The van der Waals surface area contributed by atoms with Crippen LogP contribution in [0.1, 0.15) is 24.8 Å². The van der Waals surface area contributed by atoms with E-state index >= 15 is 0 Å². The van der Waals surface area contributed by atoms with Crippen LogP contribution in [-0.2, 0) is 15.0 Å². The molecule has 5 heteroatoms. The average Bonchev–Trinajstić information content (AvgIpc) is 3.20. The molecule has 1 fully saturated rings. The maximum atomic E-state index is 12.2. The lowest BCUT2D eigenvalue weighted by Crippen LogP contribution is -2.36. The number of hydrogen-bond donors (Lipinski definition) is 3. The van der Waals surface area contributed by atoms with Gasteiger partial charge in [0.15, 0.2) is 0 Å². The van der Waals surface area contributed by atoms with E-state index in [9.17, 15) is 9.59 Å². The molecule has 0 radical (unpaired) electrons. The number of nitrogens with two attached hydrogens (primary N) is 1. The van der Waals surface area contributed by atoms with Gasteiger partial charge in [-0.25, -0.2) is 0 Å². The van der Waals surface area contributed by atoms with Gasteiger partial charge in [0, 0.05) is 25.7 Å². The van der Waals surface area contributed by atoms with Crippen LogP contribution in [0.4, 0.5) is 5.69 Å². The highest BCUT2D eigenvalue weighted by molar-refractivity contribution is 5.91. The van der Waals surface area contributed by atoms with Gasteiger partial charge in [-0.1, -0.05) is 12.1 Å². The van der Waals surface area contributed by atoms with Crippen molar-refractivity contribution in [1.82, 2.24) is 10.6 Å². The van der Waals surface area contributed by atoms with E-state index in [1.54, 1.807) is 7.05 Å². The molecule has 0 bridgehead atoms. The number of rotatable bonds is 5. The molecule has 1 aromatic rings. The average molecular weight is 261 g/mol. The van der Waals surface area contributed by atoms with E-state index in [-0.39, 0.29) is 11.8 Å². The number of carbonyl (C=O) groups is 2. The Hall–Kier alpha value is -2.04. The highest BCUT2D eigenvalue weighted by Crippen LogP contribution is 2.48. The molecule has 0 heterocycles. The van der Waals surface area contributed by atoms with Crippen LogP contribution in [0.2, 0.25) is 0 Å². The number of hydrogen-bond acceptors (Lipinski definition) is 3. The number of anilines is 1. The zero-order valence-electron chi connectivity index (χ0n) is 11.0. The summed E-state index contributed by atoms with van der Waals surface area (Å²) in [6, 6.07) is 7.43. The molecule has 4 N–H and O–H groups in total. The molecular formula is C14H19N3O2. The Labute approximate surface area is 112 Å². The highest BCUT2D eigenvalue weighted by atomic mass is 16.2. The highest BCUT2D eigenvalue weighted by Gasteiger charge is 2.50. The van der Waals surface area contributed by atoms with Crippen LogP contribution in [0.5, 0.6) is 0 Å². The molecule has 19 heavy (non-hydrogen) atoms. The minimum Gasteiger partial charge on any atom is -0.399 e. The van der Waals surface area contributed by atoms with E-state index in [1.807, 2.05) is 24.3 Å². The van der Waals surface area contributed by atoms with E-state index in [1.165, 1.54) is 0 Å². The van der Waals surface area contributed by atoms with E-state index in [2.05, 4.69) is 10.6 Å². The molecule has 2 rings (SSSR count). The second kappa shape index (κ2) is 5.30. The zero-order valence-corrected chi connectivity index (χ0v) is 11.0. The van der Waals surface area contributed by atoms with Crippen LogP contribution in [0.3, 0.4) is 0 Å². The van der Waals surface area contributed by atoms with Crippen LogP contribution in [0, 0.1) is 0 Å². The SMILES string of the molecule is CNC(=O)CCNC(=O)C1(c2ccc(N)cc2)CC1. The van der Waals surface area contributed by atoms with Gasteiger partial charge in [0.1, 0.15) is 0 Å². The summed E-state index contributed by atoms with van der Waals surface area (Å²) in [7, 11) is 1.58. The van der Waals surface area contributed by atoms with E-state index < -0.39 is 5.41 Å². The van der Waals surface area contributed by atoms with Crippen LogP contribution in [0.15, 0.2) is 24.3 Å². The quantitative estimate of drug-likeness (QED) is 0.677. The normalized spacial score (nSPS) is 15.6. The summed E-state index contributed by atoms with van der Waals surface area (Å²) >= 11 is 0. The first-order chi connectivity index (χ1) is 9.08. The lowest BCUT2D eigenvalue weighted by molar-refractivity contribution is -0.124. The second-order valence-corrected chi connectivity index (χ2v) is 4.88. The van der Waals surface area contributed by atoms with E-state index in [0.29, 0.717) is 18.7 Å². The van der Waals surface area contributed by atoms with Crippen molar-refractivity contribution < 1.29 is 9.59 Å². The number of nitrogen functional groups attached to an aromatic ring is 1. The monoisotopic (exact) mass is 261 g/mol. The van der Waals surface area contributed by atoms with Gasteiger partial charge in [-0.3, -0.25) is 9.59 Å². The van der Waals surface area contributed by atoms with Gasteiger partial charge in [0.2, 0.25) is 11.8 Å². The Balaban J connectivity index is 1.95. The van der Waals surface area contributed by atoms with E-state index in [0.717, 1.165) is 18.4 Å². The van der Waals surface area contributed by atoms with Crippen molar-refractivity contribution >= 4 is 17.5 Å². The summed E-state index contributed by atoms with van der Waals surface area (Å²) < 4.78 is 0. The van der Waals surface area contributed by atoms with Gasteiger partial charge < -0.3 is 16.4 Å². The largest absolute Gasteiger partial charge is 0.399 e. The standard InChI is InChI=1S/C14H19N3O2/c1-16-12(18)6-9-17-13(19)14(7-8-14)10-2-4-11(15)5-3-10/h2-5H,6-9,15H2,1H3,(H,16,18)(H,17,19). The molecule has 0 aliphatic heterocycles. The fraction of sp³-hybridized carbons (Fsp3) is 0.429. The number of carbonyl (C=O) groups excluding carboxylic acids is 2. The van der Waals surface area contributed by atoms with Crippen molar-refractivity contribution in [3.05, 3.63) is 29.8 Å². The summed E-state index contributed by atoms with van der Waals surface area (Å²) in [5.74, 6) is -0.0705. The van der Waals surface area contributed by atoms with Gasteiger partial charge in [0.25, 0.3) is 0 Å². The molecule has 1 saturated carbocycles. The van der Waals surface area contributed by atoms with Crippen LogP contribution in [0.25, 0.3) is 0 Å². The third-order valence-corrected chi connectivity index (χ3v) is 3.56. The molecule has 0 saturated heterocycles. The maximum Gasteiger partial charge on any atom is 0.230 e. The number of nitrogens with one attached hydrogen (secondary N) is 2. The minimum atomic E-state index is -0.406. The number of benzene rings is 1. The van der Waals surface area contributed by atoms with Crippen molar-refractivity contribution in [2.75, 3.05) is 19.3 Å². The van der Waals surface area contributed by atoms with Crippen molar-refractivity contribution in [2.45, 2.75) is 24.7 Å². The zero-order chi connectivity index (χ0) is 13.9. The Morgan fingerprint density at radius 2 is 1.89 bits per heavy atom. The Kier molecular flexibility index (Phi) is 3.74. The molecule has 2 amide bonds. The third-order valence-electron chi connectivity index (χ3n) is 3.56. The Bertz CT molecular complexity index is 478. The smallest absolute Gasteiger partial charge is 0.230 e. The van der Waals surface area contributed by atoms with Crippen molar-refractivity contribution in [1.29, 1.82) is 0 Å². The molecule has 0 spiro atoms. The Morgan fingerprint density at radius 1 is 1.26 bits per heavy atom. The van der Waals surface area contributed by atoms with Crippen molar-refractivity contribution in [3.63, 3.8) is 0 Å². The summed E-state index contributed by atoms with van der Waals surface area (Å²) in [4.78, 5) is 23.3. The van der Waals surface area contributed by atoms with Gasteiger partial charge in [-0.2, -0.15) is 0 Å². The molecule has 1 aliphatic rings. The third kappa shape index (κ3) is 2.86. The van der Waals surface area contributed by atoms with Crippen molar-refractivity contribution in [2.24, 2.45) is 0 Å². The fourth-order valence-electron chi connectivity index (χ4n) is 2.16. The van der Waals surface area contributed by atoms with Crippen LogP contribution < -0.4 is 16.4 Å². The molecule has 102 valence electrons. The maximum absolute atomic E-state index is 12.2. The van der Waals surface area contributed by atoms with Gasteiger partial charge in [-0.05, 0) is 30.5 Å². The topological polar surface area (TPSA) is 84.2 Å². The summed E-state index contributed by atoms with van der Waals surface area (Å²) in [5, 5.41) is 5.36. The number of amides is 2. The van der Waals surface area contributed by atoms with Crippen molar-refractivity contribution in [3.8, 4) is 0 Å². The molecule has 5 nitrogen and oxygen atoms in total. The van der Waals surface area contributed by atoms with Crippen LogP contribution in [-0.4, -0.2) is 25.4 Å². The summed E-state index contributed by atoms with van der Waals surface area (Å²) in [5.41, 5.74) is 6.94. The lowest BCUT2D eigenvalue weighted by Gasteiger charge is -2.15. The molecular weight excluding hydrogens is 242 g/mol. The first-order valence-corrected chi connectivity index (χ1v) is 6.43. The molecule has 1 aromatic carbocycles. The van der Waals surface area contributed by atoms with E-state index in [4.69, 9.17) is 5.73 Å². The first-order valence-electron chi connectivity index (χ1n) is 6.43. The predicted molar refractivity (Wildman–Crippen MR) is 73.5 cm³/mol. The predicted octanol–water partition coefficient (Wildman–Crippen LogP) is 0.553. The summed E-state index contributed by atoms with van der Waals surface area (Å²) in [6.45, 7) is 0.370. The molecule has 0 unspecified atom stereocenters. The lowest BCUT2D eigenvalue weighted by atomic mass is 9.95. The fourth-order valence-corrected chi connectivity index (χ4v) is 2.16. The van der Waals surface area contributed by atoms with Gasteiger partial charge in [-0.15, -0.1) is 0 Å². The molecule has 0 aromatic heterocycles. The molecule has 1 aliphatic carbocycles. The van der Waals surface area contributed by atoms with Gasteiger partial charge >= 0.3 is 0 Å². The first kappa shape index (κ1) is 13.4. The van der Waals surface area contributed by atoms with Gasteiger partial charge in [0.05, 0.1) is 5.41 Å². The van der Waals surface area contributed by atoms with Crippen LogP contribution >= 0.6 is 0 Å². The minimum absolute atomic E-state index is 0.00109. The summed E-state index contributed by atoms with van der Waals surface area (Å²) in [6.07, 6.45) is 2.01. The Morgan fingerprint density at radius 3 is 2.42 bits per heavy atom.